The maximum absolute atomic E-state index is 9.83. The third-order valence-electron chi connectivity index (χ3n) is 0.330. The Balaban J connectivity index is 3.40. The molecule has 6 heteroatoms. The van der Waals surface area contributed by atoms with Crippen LogP contribution in [0.1, 0.15) is 0 Å². The molecular formula is C2H5AsO5. The second kappa shape index (κ2) is 3.71. The molecule has 0 aromatic rings. The van der Waals surface area contributed by atoms with E-state index in [1.54, 1.807) is 0 Å². The second-order valence-corrected chi connectivity index (χ2v) is 2.44. The zero-order chi connectivity index (χ0) is 6.57. The second-order valence-electron chi connectivity index (χ2n) is 0.898. The molecule has 2 N–H and O–H groups in total. The van der Waals surface area contributed by atoms with Gasteiger partial charge in [0.1, 0.15) is 0 Å². The van der Waals surface area contributed by atoms with E-state index in [-0.39, 0.29) is 0 Å². The van der Waals surface area contributed by atoms with Gasteiger partial charge < -0.3 is 0 Å². The average molecular weight is 184 g/mol. The number of carbonyl (C=O) groups is 1. The molecule has 0 aliphatic heterocycles. The van der Waals surface area contributed by atoms with Crippen molar-refractivity contribution in [1.29, 1.82) is 0 Å². The molecule has 0 aliphatic rings. The molecule has 0 radical (unpaired) electrons. The van der Waals surface area contributed by atoms with Crippen molar-refractivity contribution in [3.8, 4) is 0 Å². The minimum absolute atomic E-state index is 0.848. The van der Waals surface area contributed by atoms with Crippen LogP contribution in [-0.4, -0.2) is 37.1 Å². The Morgan fingerprint density at radius 1 is 1.75 bits per heavy atom. The first-order chi connectivity index (χ1) is 3.66. The van der Waals surface area contributed by atoms with Gasteiger partial charge in [-0.25, -0.2) is 0 Å². The van der Waals surface area contributed by atoms with Crippen LogP contribution in [-0.2, 0) is 12.3 Å². The van der Waals surface area contributed by atoms with Gasteiger partial charge in [-0.15, -0.1) is 0 Å². The van der Waals surface area contributed by atoms with Crippen molar-refractivity contribution in [3.63, 3.8) is 0 Å². The summed E-state index contributed by atoms with van der Waals surface area (Å²) in [7, 11) is 0. The van der Waals surface area contributed by atoms with Crippen LogP contribution < -0.4 is 0 Å². The van der Waals surface area contributed by atoms with Gasteiger partial charge in [0.05, 0.1) is 0 Å². The van der Waals surface area contributed by atoms with Gasteiger partial charge in [-0.2, -0.15) is 0 Å². The average Bonchev–Trinajstić information content (AvgIpc) is 1.65. The Morgan fingerprint density at radius 3 is 2.38 bits per heavy atom. The van der Waals surface area contributed by atoms with Gasteiger partial charge in [0.2, 0.25) is 0 Å². The van der Waals surface area contributed by atoms with E-state index in [1.165, 1.54) is 0 Å². The molecule has 0 aliphatic carbocycles. The van der Waals surface area contributed by atoms with E-state index in [0.717, 1.165) is 0 Å². The SMILES string of the molecule is O=C(CO)O[AsH](=O)O. The van der Waals surface area contributed by atoms with E-state index in [4.69, 9.17) is 9.20 Å². The van der Waals surface area contributed by atoms with Crippen LogP contribution in [0.5, 0.6) is 0 Å². The molecule has 0 saturated heterocycles. The Kier molecular flexibility index (Phi) is 3.60. The van der Waals surface area contributed by atoms with Gasteiger partial charge in [-0.05, 0) is 0 Å². The van der Waals surface area contributed by atoms with Crippen LogP contribution in [0.15, 0.2) is 0 Å². The van der Waals surface area contributed by atoms with Crippen molar-refractivity contribution in [2.45, 2.75) is 0 Å². The fourth-order valence-corrected chi connectivity index (χ4v) is 0.674. The van der Waals surface area contributed by atoms with Crippen LogP contribution in [0, 0.1) is 0 Å². The Labute approximate surface area is 50.1 Å². The van der Waals surface area contributed by atoms with Crippen LogP contribution in [0.25, 0.3) is 0 Å². The number of aliphatic hydroxyl groups is 1. The summed E-state index contributed by atoms with van der Waals surface area (Å²) in [6.07, 6.45) is 0. The summed E-state index contributed by atoms with van der Waals surface area (Å²) in [5, 5.41) is 7.89. The molecule has 0 fully saturated rings. The molecule has 0 amide bonds. The van der Waals surface area contributed by atoms with E-state index in [2.05, 4.69) is 3.73 Å². The van der Waals surface area contributed by atoms with Crippen molar-refractivity contribution >= 4 is 21.2 Å². The monoisotopic (exact) mass is 184 g/mol. The van der Waals surface area contributed by atoms with Crippen LogP contribution in [0.2, 0.25) is 0 Å². The Hall–Kier alpha value is -0.252. The van der Waals surface area contributed by atoms with Gasteiger partial charge in [0.25, 0.3) is 0 Å². The fourth-order valence-electron chi connectivity index (χ4n) is 0.130. The van der Waals surface area contributed by atoms with E-state index in [1.807, 2.05) is 0 Å². The summed E-state index contributed by atoms with van der Waals surface area (Å²) in [6, 6.07) is 0. The van der Waals surface area contributed by atoms with Crippen LogP contribution >= 0.6 is 0 Å². The normalized spacial score (nSPS) is 12.8. The molecule has 0 rings (SSSR count). The Morgan fingerprint density at radius 2 is 2.25 bits per heavy atom. The first-order valence-corrected chi connectivity index (χ1v) is 4.36. The molecule has 0 aromatic heterocycles. The van der Waals surface area contributed by atoms with Gasteiger partial charge in [-0.3, -0.25) is 0 Å². The van der Waals surface area contributed by atoms with Crippen molar-refractivity contribution in [1.82, 2.24) is 0 Å². The zero-order valence-corrected chi connectivity index (χ0v) is 5.92. The summed E-state index contributed by atoms with van der Waals surface area (Å²) in [5.41, 5.74) is 0. The topological polar surface area (TPSA) is 83.8 Å². The molecule has 48 valence electrons. The summed E-state index contributed by atoms with van der Waals surface area (Å²) in [4.78, 5) is 9.83. The predicted octanol–water partition coefficient (Wildman–Crippen LogP) is -2.34. The number of aliphatic hydroxyl groups excluding tert-OH is 1. The standard InChI is InChI=1S/C2H5AsO5/c4-1-2(5)8-3(6)7/h3-4H,1H2,(H,6,7). The van der Waals surface area contributed by atoms with Crippen LogP contribution in [0.3, 0.4) is 0 Å². The molecule has 5 nitrogen and oxygen atoms in total. The molecule has 0 bridgehead atoms. The number of carbonyl (C=O) groups excluding carboxylic acids is 1. The minimum atomic E-state index is -3.73. The Bertz CT molecular complexity index is 109. The zero-order valence-electron chi connectivity index (χ0n) is 3.83. The first kappa shape index (κ1) is 7.75. The molecule has 1 unspecified atom stereocenters. The molecule has 1 atom stereocenters. The number of hydrogen-bond acceptors (Lipinski definition) is 4. The maximum atomic E-state index is 9.83. The molecule has 8 heavy (non-hydrogen) atoms. The molecular weight excluding hydrogens is 179 g/mol. The number of hydrogen-bond donors (Lipinski definition) is 2. The van der Waals surface area contributed by atoms with Gasteiger partial charge in [-0.1, -0.05) is 0 Å². The van der Waals surface area contributed by atoms with E-state index < -0.39 is 27.8 Å². The number of rotatable bonds is 2. The first-order valence-electron chi connectivity index (χ1n) is 1.71. The molecule has 0 aromatic carbocycles. The third-order valence-corrected chi connectivity index (χ3v) is 1.17. The van der Waals surface area contributed by atoms with Crippen molar-refractivity contribution in [2.75, 3.05) is 6.61 Å². The van der Waals surface area contributed by atoms with E-state index in [9.17, 15) is 8.53 Å². The molecule has 0 saturated carbocycles. The predicted molar refractivity (Wildman–Crippen MR) is 23.2 cm³/mol. The quantitative estimate of drug-likeness (QED) is 0.470. The summed E-state index contributed by atoms with van der Waals surface area (Å²) >= 11 is -3.73. The summed E-state index contributed by atoms with van der Waals surface area (Å²) in [6.45, 7) is -0.848. The summed E-state index contributed by atoms with van der Waals surface area (Å²) in [5.74, 6) is -1.06. The van der Waals surface area contributed by atoms with Crippen molar-refractivity contribution < 1.29 is 21.5 Å². The fraction of sp³-hybridized carbons (Fsp3) is 0.500. The van der Waals surface area contributed by atoms with Crippen LogP contribution in [0.4, 0.5) is 0 Å². The van der Waals surface area contributed by atoms with Gasteiger partial charge in [0.15, 0.2) is 0 Å². The van der Waals surface area contributed by atoms with Gasteiger partial charge >= 0.3 is 49.3 Å². The van der Waals surface area contributed by atoms with Crippen molar-refractivity contribution in [2.24, 2.45) is 0 Å². The van der Waals surface area contributed by atoms with Gasteiger partial charge in [0, 0.05) is 0 Å². The molecule has 0 spiro atoms. The van der Waals surface area contributed by atoms with E-state index in [0.29, 0.717) is 0 Å². The van der Waals surface area contributed by atoms with Crippen molar-refractivity contribution in [3.05, 3.63) is 0 Å². The molecule has 0 heterocycles. The third kappa shape index (κ3) is 3.92. The summed E-state index contributed by atoms with van der Waals surface area (Å²) < 4.78 is 21.3. The van der Waals surface area contributed by atoms with E-state index >= 15 is 0 Å².